The van der Waals surface area contributed by atoms with Crippen LogP contribution in [0.25, 0.3) is 0 Å². The zero-order valence-electron chi connectivity index (χ0n) is 10.7. The Bertz CT molecular complexity index is 639. The molecule has 2 aromatic carbocycles. The SMILES string of the molecule is Nc1ccc(S(=O)(=O)OCCOc2ccccc2)cc1. The minimum atomic E-state index is -3.77. The first-order valence-corrected chi connectivity index (χ1v) is 7.41. The van der Waals surface area contributed by atoms with Crippen molar-refractivity contribution in [3.63, 3.8) is 0 Å². The van der Waals surface area contributed by atoms with Crippen molar-refractivity contribution in [1.29, 1.82) is 0 Å². The molecule has 0 aliphatic carbocycles. The largest absolute Gasteiger partial charge is 0.491 e. The van der Waals surface area contributed by atoms with Crippen molar-refractivity contribution in [2.24, 2.45) is 0 Å². The van der Waals surface area contributed by atoms with Gasteiger partial charge in [-0.1, -0.05) is 18.2 Å². The van der Waals surface area contributed by atoms with Gasteiger partial charge in [0.05, 0.1) is 4.90 Å². The molecule has 0 aliphatic rings. The predicted octanol–water partition coefficient (Wildman–Crippen LogP) is 2.05. The number of nitrogen functional groups attached to an aromatic ring is 1. The number of hydrogen-bond donors (Lipinski definition) is 1. The lowest BCUT2D eigenvalue weighted by atomic mass is 10.3. The van der Waals surface area contributed by atoms with Crippen LogP contribution in [0.15, 0.2) is 59.5 Å². The second kappa shape index (κ2) is 6.40. The fraction of sp³-hybridized carbons (Fsp3) is 0.143. The van der Waals surface area contributed by atoms with E-state index in [1.807, 2.05) is 18.2 Å². The third-order valence-electron chi connectivity index (χ3n) is 2.50. The van der Waals surface area contributed by atoms with Gasteiger partial charge in [-0.3, -0.25) is 4.18 Å². The maximum absolute atomic E-state index is 11.8. The summed E-state index contributed by atoms with van der Waals surface area (Å²) in [6, 6.07) is 14.9. The zero-order chi connectivity index (χ0) is 14.4. The van der Waals surface area contributed by atoms with Crippen molar-refractivity contribution in [3.05, 3.63) is 54.6 Å². The fourth-order valence-corrected chi connectivity index (χ4v) is 2.42. The van der Waals surface area contributed by atoms with E-state index in [0.29, 0.717) is 11.4 Å². The molecule has 0 fully saturated rings. The molecule has 0 bridgehead atoms. The van der Waals surface area contributed by atoms with Crippen LogP contribution in [0.5, 0.6) is 5.75 Å². The van der Waals surface area contributed by atoms with Crippen molar-refractivity contribution >= 4 is 15.8 Å². The van der Waals surface area contributed by atoms with E-state index in [4.69, 9.17) is 14.7 Å². The Hall–Kier alpha value is -2.05. The summed E-state index contributed by atoms with van der Waals surface area (Å²) in [5.74, 6) is 0.668. The van der Waals surface area contributed by atoms with Gasteiger partial charge in [-0.05, 0) is 36.4 Å². The number of benzene rings is 2. The minimum absolute atomic E-state index is 0.0540. The highest BCUT2D eigenvalue weighted by atomic mass is 32.2. The molecule has 0 radical (unpaired) electrons. The van der Waals surface area contributed by atoms with E-state index in [0.717, 1.165) is 0 Å². The monoisotopic (exact) mass is 293 g/mol. The van der Waals surface area contributed by atoms with Gasteiger partial charge in [0.25, 0.3) is 10.1 Å². The van der Waals surface area contributed by atoms with Crippen LogP contribution in [0.3, 0.4) is 0 Å². The predicted molar refractivity (Wildman–Crippen MR) is 75.9 cm³/mol. The summed E-state index contributed by atoms with van der Waals surface area (Å²) in [6.45, 7) is 0.0970. The normalized spacial score (nSPS) is 11.2. The number of hydrogen-bond acceptors (Lipinski definition) is 5. The molecule has 2 N–H and O–H groups in total. The van der Waals surface area contributed by atoms with Gasteiger partial charge >= 0.3 is 0 Å². The topological polar surface area (TPSA) is 78.6 Å². The molecular weight excluding hydrogens is 278 g/mol. The quantitative estimate of drug-likeness (QED) is 0.501. The summed E-state index contributed by atoms with van der Waals surface area (Å²) >= 11 is 0. The third-order valence-corrected chi connectivity index (χ3v) is 3.83. The third kappa shape index (κ3) is 3.97. The number of rotatable bonds is 6. The highest BCUT2D eigenvalue weighted by Crippen LogP contribution is 2.14. The summed E-state index contributed by atoms with van der Waals surface area (Å²) in [4.78, 5) is 0.0754. The lowest BCUT2D eigenvalue weighted by molar-refractivity contribution is 0.221. The molecule has 0 aliphatic heterocycles. The van der Waals surface area contributed by atoms with E-state index in [2.05, 4.69) is 0 Å². The Morgan fingerprint density at radius 2 is 1.55 bits per heavy atom. The van der Waals surface area contributed by atoms with Crippen LogP contribution in [0.4, 0.5) is 5.69 Å². The number of nitrogens with two attached hydrogens (primary N) is 1. The molecule has 5 nitrogen and oxygen atoms in total. The Morgan fingerprint density at radius 1 is 0.900 bits per heavy atom. The average molecular weight is 293 g/mol. The zero-order valence-corrected chi connectivity index (χ0v) is 11.5. The Kier molecular flexibility index (Phi) is 4.60. The van der Waals surface area contributed by atoms with Crippen LogP contribution >= 0.6 is 0 Å². The van der Waals surface area contributed by atoms with Gasteiger partial charge in [0, 0.05) is 5.69 Å². The van der Waals surface area contributed by atoms with Crippen molar-refractivity contribution < 1.29 is 17.3 Å². The maximum Gasteiger partial charge on any atom is 0.297 e. The first-order valence-electron chi connectivity index (χ1n) is 6.01. The summed E-state index contributed by atoms with van der Waals surface area (Å²) in [7, 11) is -3.77. The molecule has 0 spiro atoms. The lowest BCUT2D eigenvalue weighted by Gasteiger charge is -2.07. The van der Waals surface area contributed by atoms with Gasteiger partial charge < -0.3 is 10.5 Å². The Balaban J connectivity index is 1.85. The van der Waals surface area contributed by atoms with Crippen molar-refractivity contribution in [2.45, 2.75) is 4.90 Å². The van der Waals surface area contributed by atoms with Crippen LogP contribution in [-0.2, 0) is 14.3 Å². The van der Waals surface area contributed by atoms with Crippen LogP contribution in [-0.4, -0.2) is 21.6 Å². The van der Waals surface area contributed by atoms with E-state index < -0.39 is 10.1 Å². The van der Waals surface area contributed by atoms with Crippen LogP contribution in [0.2, 0.25) is 0 Å². The van der Waals surface area contributed by atoms with Crippen LogP contribution < -0.4 is 10.5 Å². The average Bonchev–Trinajstić information content (AvgIpc) is 2.45. The van der Waals surface area contributed by atoms with Gasteiger partial charge in [0.1, 0.15) is 19.0 Å². The molecule has 6 heteroatoms. The number of ether oxygens (including phenoxy) is 1. The van der Waals surface area contributed by atoms with Crippen molar-refractivity contribution in [3.8, 4) is 5.75 Å². The van der Waals surface area contributed by atoms with Crippen LogP contribution in [0, 0.1) is 0 Å². The molecule has 0 aromatic heterocycles. The van der Waals surface area contributed by atoms with Crippen LogP contribution in [0.1, 0.15) is 0 Å². The Morgan fingerprint density at radius 3 is 2.20 bits per heavy atom. The minimum Gasteiger partial charge on any atom is -0.491 e. The summed E-state index contributed by atoms with van der Waals surface area (Å²) in [6.07, 6.45) is 0. The van der Waals surface area contributed by atoms with E-state index in [1.165, 1.54) is 24.3 Å². The van der Waals surface area contributed by atoms with E-state index in [1.54, 1.807) is 12.1 Å². The molecule has 0 atom stereocenters. The molecule has 0 saturated carbocycles. The van der Waals surface area contributed by atoms with Gasteiger partial charge in [-0.2, -0.15) is 8.42 Å². The lowest BCUT2D eigenvalue weighted by Crippen LogP contribution is -2.13. The number of anilines is 1. The molecule has 0 heterocycles. The second-order valence-electron chi connectivity index (χ2n) is 4.01. The summed E-state index contributed by atoms with van der Waals surface area (Å²) in [5, 5.41) is 0. The van der Waals surface area contributed by atoms with Gasteiger partial charge in [0.2, 0.25) is 0 Å². The Labute approximate surface area is 118 Å². The smallest absolute Gasteiger partial charge is 0.297 e. The molecule has 20 heavy (non-hydrogen) atoms. The molecule has 106 valence electrons. The van der Waals surface area contributed by atoms with Gasteiger partial charge in [-0.25, -0.2) is 0 Å². The molecule has 0 amide bonds. The standard InChI is InChI=1S/C14H15NO4S/c15-12-6-8-14(9-7-12)20(16,17)19-11-10-18-13-4-2-1-3-5-13/h1-9H,10-11,15H2. The number of para-hydroxylation sites is 1. The molecule has 2 aromatic rings. The maximum atomic E-state index is 11.8. The first-order chi connectivity index (χ1) is 9.58. The molecule has 2 rings (SSSR count). The van der Waals surface area contributed by atoms with E-state index >= 15 is 0 Å². The fourth-order valence-electron chi connectivity index (χ4n) is 1.52. The molecular formula is C14H15NO4S. The summed E-state index contributed by atoms with van der Waals surface area (Å²) in [5.41, 5.74) is 6.00. The highest BCUT2D eigenvalue weighted by molar-refractivity contribution is 7.86. The van der Waals surface area contributed by atoms with Crippen molar-refractivity contribution in [1.82, 2.24) is 0 Å². The van der Waals surface area contributed by atoms with E-state index in [9.17, 15) is 8.42 Å². The van der Waals surface area contributed by atoms with E-state index in [-0.39, 0.29) is 18.1 Å². The molecule has 0 saturated heterocycles. The van der Waals surface area contributed by atoms with Gasteiger partial charge in [-0.15, -0.1) is 0 Å². The first kappa shape index (κ1) is 14.4. The molecule has 0 unspecified atom stereocenters. The van der Waals surface area contributed by atoms with Crippen molar-refractivity contribution in [2.75, 3.05) is 18.9 Å². The second-order valence-corrected chi connectivity index (χ2v) is 5.62. The van der Waals surface area contributed by atoms with Gasteiger partial charge in [0.15, 0.2) is 0 Å². The highest BCUT2D eigenvalue weighted by Gasteiger charge is 2.14. The summed E-state index contributed by atoms with van der Waals surface area (Å²) < 4.78 is 33.9.